The maximum atomic E-state index is 13.2. The van der Waals surface area contributed by atoms with Gasteiger partial charge in [-0.25, -0.2) is 0 Å². The summed E-state index contributed by atoms with van der Waals surface area (Å²) in [5.74, 6) is 0.176. The highest BCUT2D eigenvalue weighted by atomic mass is 35.5. The lowest BCUT2D eigenvalue weighted by molar-refractivity contribution is -0.146. The number of hydrogen-bond donors (Lipinski definition) is 1. The van der Waals surface area contributed by atoms with Crippen molar-refractivity contribution in [2.75, 3.05) is 19.8 Å². The predicted molar refractivity (Wildman–Crippen MR) is 96.9 cm³/mol. The zero-order chi connectivity index (χ0) is 17.3. The van der Waals surface area contributed by atoms with Crippen LogP contribution in [-0.2, 0) is 19.7 Å². The van der Waals surface area contributed by atoms with Crippen LogP contribution in [0.4, 0.5) is 0 Å². The van der Waals surface area contributed by atoms with Crippen molar-refractivity contribution in [3.05, 3.63) is 34.9 Å². The van der Waals surface area contributed by atoms with Crippen molar-refractivity contribution < 1.29 is 14.3 Å². The fraction of sp³-hybridized carbons (Fsp3) is 0.650. The lowest BCUT2D eigenvalue weighted by Crippen LogP contribution is -2.56. The molecule has 3 aliphatic rings. The summed E-state index contributed by atoms with van der Waals surface area (Å²) < 4.78 is 11.6. The van der Waals surface area contributed by atoms with Crippen molar-refractivity contribution >= 4 is 17.5 Å². The average molecular weight is 364 g/mol. The van der Waals surface area contributed by atoms with Crippen LogP contribution in [0.15, 0.2) is 24.3 Å². The number of ether oxygens (including phenoxy) is 2. The first-order valence-electron chi connectivity index (χ1n) is 9.41. The number of carbonyl (C=O) groups excluding carboxylic acids is 1. The minimum Gasteiger partial charge on any atom is -0.381 e. The zero-order valence-electron chi connectivity index (χ0n) is 14.6. The Labute approximate surface area is 154 Å². The standard InChI is InChI=1S/C20H26ClNO3/c21-16-4-2-15(3-5-16)20(7-1-8-20)18(23)22-17-6-11-25-19(14-17)9-12-24-13-10-19/h2-5,17H,1,6-14H2,(H,22,23)/t17-/m1/s1. The second-order valence-electron chi connectivity index (χ2n) is 7.75. The van der Waals surface area contributed by atoms with Gasteiger partial charge in [0.25, 0.3) is 0 Å². The molecule has 2 saturated heterocycles. The van der Waals surface area contributed by atoms with Gasteiger partial charge in [0.1, 0.15) is 0 Å². The van der Waals surface area contributed by atoms with Gasteiger partial charge in [0.2, 0.25) is 5.91 Å². The SMILES string of the molecule is O=C(N[C@@H]1CCOC2(CCOCC2)C1)C1(c2ccc(Cl)cc2)CCC1. The summed E-state index contributed by atoms with van der Waals surface area (Å²) in [5.41, 5.74) is 0.626. The Balaban J connectivity index is 1.46. The van der Waals surface area contributed by atoms with Crippen molar-refractivity contribution in [3.63, 3.8) is 0 Å². The first-order chi connectivity index (χ1) is 12.1. The first kappa shape index (κ1) is 17.3. The second-order valence-corrected chi connectivity index (χ2v) is 8.19. The molecule has 4 rings (SSSR count). The maximum Gasteiger partial charge on any atom is 0.230 e. The van der Waals surface area contributed by atoms with E-state index in [0.717, 1.165) is 70.3 Å². The first-order valence-corrected chi connectivity index (χ1v) is 9.79. The van der Waals surface area contributed by atoms with Crippen molar-refractivity contribution in [1.29, 1.82) is 0 Å². The molecule has 1 amide bonds. The van der Waals surface area contributed by atoms with Gasteiger partial charge < -0.3 is 14.8 Å². The van der Waals surface area contributed by atoms with Gasteiger partial charge in [-0.1, -0.05) is 30.2 Å². The van der Waals surface area contributed by atoms with Crippen LogP contribution in [0.5, 0.6) is 0 Å². The van der Waals surface area contributed by atoms with E-state index in [-0.39, 0.29) is 23.0 Å². The molecule has 2 heterocycles. The largest absolute Gasteiger partial charge is 0.381 e. The number of hydrogen-bond acceptors (Lipinski definition) is 3. The smallest absolute Gasteiger partial charge is 0.230 e. The third-order valence-electron chi connectivity index (χ3n) is 6.27. The molecular weight excluding hydrogens is 338 g/mol. The Morgan fingerprint density at radius 3 is 2.44 bits per heavy atom. The molecule has 1 N–H and O–H groups in total. The number of rotatable bonds is 3. The van der Waals surface area contributed by atoms with Crippen molar-refractivity contribution in [2.24, 2.45) is 0 Å². The van der Waals surface area contributed by atoms with Gasteiger partial charge in [-0.15, -0.1) is 0 Å². The molecular formula is C20H26ClNO3. The number of halogens is 1. The Hall–Kier alpha value is -1.10. The molecule has 136 valence electrons. The number of carbonyl (C=O) groups is 1. The maximum absolute atomic E-state index is 13.2. The number of nitrogens with one attached hydrogen (secondary N) is 1. The predicted octanol–water partition coefficient (Wildman–Crippen LogP) is 3.61. The van der Waals surface area contributed by atoms with Gasteiger partial charge in [-0.05, 0) is 56.2 Å². The lowest BCUT2D eigenvalue weighted by Gasteiger charge is -2.46. The Bertz CT molecular complexity index is 615. The van der Waals surface area contributed by atoms with Crippen LogP contribution in [0.2, 0.25) is 5.02 Å². The van der Waals surface area contributed by atoms with Crippen molar-refractivity contribution in [3.8, 4) is 0 Å². The van der Waals surface area contributed by atoms with E-state index in [9.17, 15) is 4.79 Å². The molecule has 0 bridgehead atoms. The van der Waals surface area contributed by atoms with Gasteiger partial charge >= 0.3 is 0 Å². The Kier molecular flexibility index (Phi) is 4.78. The minimum absolute atomic E-state index is 0.0957. The zero-order valence-corrected chi connectivity index (χ0v) is 15.3. The fourth-order valence-electron chi connectivity index (χ4n) is 4.51. The third-order valence-corrected chi connectivity index (χ3v) is 6.52. The van der Waals surface area contributed by atoms with E-state index < -0.39 is 0 Å². The van der Waals surface area contributed by atoms with Gasteiger partial charge in [0, 0.05) is 30.9 Å². The van der Waals surface area contributed by atoms with E-state index in [1.54, 1.807) is 0 Å². The molecule has 1 spiro atoms. The van der Waals surface area contributed by atoms with Gasteiger partial charge in [-0.3, -0.25) is 4.79 Å². The molecule has 1 aromatic rings. The van der Waals surface area contributed by atoms with Crippen LogP contribution in [0, 0.1) is 0 Å². The summed E-state index contributed by atoms with van der Waals surface area (Å²) >= 11 is 6.02. The number of benzene rings is 1. The molecule has 0 aromatic heterocycles. The van der Waals surface area contributed by atoms with Crippen LogP contribution in [-0.4, -0.2) is 37.4 Å². The highest BCUT2D eigenvalue weighted by molar-refractivity contribution is 6.30. The van der Waals surface area contributed by atoms with E-state index in [0.29, 0.717) is 5.02 Å². The van der Waals surface area contributed by atoms with E-state index in [1.165, 1.54) is 0 Å². The molecule has 1 saturated carbocycles. The van der Waals surface area contributed by atoms with Gasteiger partial charge in [0.15, 0.2) is 0 Å². The van der Waals surface area contributed by atoms with Crippen LogP contribution >= 0.6 is 11.6 Å². The summed E-state index contributed by atoms with van der Waals surface area (Å²) in [5, 5.41) is 4.07. The van der Waals surface area contributed by atoms with E-state index in [1.807, 2.05) is 24.3 Å². The Morgan fingerprint density at radius 2 is 1.80 bits per heavy atom. The van der Waals surface area contributed by atoms with Crippen LogP contribution < -0.4 is 5.32 Å². The molecule has 3 fully saturated rings. The summed E-state index contributed by atoms with van der Waals surface area (Å²) in [6, 6.07) is 7.98. The molecule has 1 atom stereocenters. The van der Waals surface area contributed by atoms with Crippen LogP contribution in [0.3, 0.4) is 0 Å². The van der Waals surface area contributed by atoms with Crippen LogP contribution in [0.25, 0.3) is 0 Å². The summed E-state index contributed by atoms with van der Waals surface area (Å²) in [6.45, 7) is 2.24. The van der Waals surface area contributed by atoms with Gasteiger partial charge in [0.05, 0.1) is 11.0 Å². The highest BCUT2D eigenvalue weighted by Gasteiger charge is 2.47. The molecule has 0 radical (unpaired) electrons. The topological polar surface area (TPSA) is 47.6 Å². The van der Waals surface area contributed by atoms with Crippen molar-refractivity contribution in [2.45, 2.75) is 62.0 Å². The molecule has 2 aliphatic heterocycles. The highest BCUT2D eigenvalue weighted by Crippen LogP contribution is 2.44. The quantitative estimate of drug-likeness (QED) is 0.892. The average Bonchev–Trinajstić information content (AvgIpc) is 2.56. The van der Waals surface area contributed by atoms with E-state index in [2.05, 4.69) is 5.32 Å². The number of amides is 1. The fourth-order valence-corrected chi connectivity index (χ4v) is 4.64. The summed E-state index contributed by atoms with van der Waals surface area (Å²) in [6.07, 6.45) is 6.60. The van der Waals surface area contributed by atoms with E-state index >= 15 is 0 Å². The third kappa shape index (κ3) is 3.32. The molecule has 1 aromatic carbocycles. The molecule has 25 heavy (non-hydrogen) atoms. The summed E-state index contributed by atoms with van der Waals surface area (Å²) in [7, 11) is 0. The Morgan fingerprint density at radius 1 is 1.08 bits per heavy atom. The normalized spacial score (nSPS) is 27.5. The van der Waals surface area contributed by atoms with Crippen LogP contribution in [0.1, 0.15) is 50.5 Å². The molecule has 4 nitrogen and oxygen atoms in total. The minimum atomic E-state index is -0.369. The lowest BCUT2D eigenvalue weighted by atomic mass is 9.63. The van der Waals surface area contributed by atoms with Crippen molar-refractivity contribution in [1.82, 2.24) is 5.32 Å². The second kappa shape index (κ2) is 6.90. The molecule has 0 unspecified atom stereocenters. The monoisotopic (exact) mass is 363 g/mol. The molecule has 5 heteroatoms. The van der Waals surface area contributed by atoms with Gasteiger partial charge in [-0.2, -0.15) is 0 Å². The van der Waals surface area contributed by atoms with E-state index in [4.69, 9.17) is 21.1 Å². The summed E-state index contributed by atoms with van der Waals surface area (Å²) in [4.78, 5) is 13.2. The molecule has 1 aliphatic carbocycles.